The first kappa shape index (κ1) is 17.0. The van der Waals surface area contributed by atoms with E-state index in [0.717, 1.165) is 0 Å². The molecule has 0 bridgehead atoms. The lowest BCUT2D eigenvalue weighted by Gasteiger charge is -2.29. The summed E-state index contributed by atoms with van der Waals surface area (Å²) in [6, 6.07) is 0. The molecule has 0 saturated heterocycles. The largest absolute Gasteiger partial charge is 0.203 e. The van der Waals surface area contributed by atoms with Gasteiger partial charge in [-0.15, -0.1) is 0 Å². The van der Waals surface area contributed by atoms with Crippen molar-refractivity contribution in [2.24, 2.45) is 0 Å². The topological polar surface area (TPSA) is 0 Å². The fourth-order valence-corrected chi connectivity index (χ4v) is 2.42. The van der Waals surface area contributed by atoms with Gasteiger partial charge in [0.2, 0.25) is 0 Å². The van der Waals surface area contributed by atoms with Gasteiger partial charge in [0.25, 0.3) is 0 Å². The van der Waals surface area contributed by atoms with E-state index in [1.54, 1.807) is 34.6 Å². The Morgan fingerprint density at radius 1 is 0.850 bits per heavy atom. The van der Waals surface area contributed by atoms with Crippen molar-refractivity contribution in [1.82, 2.24) is 0 Å². The van der Waals surface area contributed by atoms with Gasteiger partial charge in [0.05, 0.1) is 0 Å². The molecule has 0 fully saturated rings. The second-order valence-electron chi connectivity index (χ2n) is 5.62. The summed E-state index contributed by atoms with van der Waals surface area (Å²) in [5, 5.41) is 0. The number of hydrogen-bond acceptors (Lipinski definition) is 0. The molecule has 0 amide bonds. The molecule has 0 saturated carbocycles. The van der Waals surface area contributed by atoms with E-state index in [9.17, 15) is 17.6 Å². The summed E-state index contributed by atoms with van der Waals surface area (Å²) in [6.45, 7) is 8.40. The van der Waals surface area contributed by atoms with E-state index in [1.165, 1.54) is 0 Å². The molecular weight excluding hydrogens is 268 g/mol. The highest BCUT2D eigenvalue weighted by molar-refractivity contribution is 5.36. The van der Waals surface area contributed by atoms with E-state index in [0.29, 0.717) is 19.3 Å². The van der Waals surface area contributed by atoms with Gasteiger partial charge in [-0.2, -0.15) is 0 Å². The number of rotatable bonds is 5. The number of benzene rings is 1. The van der Waals surface area contributed by atoms with E-state index < -0.39 is 45.7 Å². The summed E-state index contributed by atoms with van der Waals surface area (Å²) in [5.74, 6) is -5.55. The van der Waals surface area contributed by atoms with Crippen molar-refractivity contribution in [3.05, 3.63) is 34.4 Å². The van der Waals surface area contributed by atoms with Crippen LogP contribution in [0.25, 0.3) is 0 Å². The van der Waals surface area contributed by atoms with Gasteiger partial charge in [0, 0.05) is 11.1 Å². The zero-order chi connectivity index (χ0) is 15.7. The monoisotopic (exact) mass is 290 g/mol. The Labute approximate surface area is 118 Å². The molecule has 0 N–H and O–H groups in total. The van der Waals surface area contributed by atoms with Gasteiger partial charge in [-0.1, -0.05) is 34.6 Å². The Kier molecular flexibility index (Phi) is 5.22. The predicted molar refractivity (Wildman–Crippen MR) is 72.9 cm³/mol. The molecule has 0 radical (unpaired) electrons. The van der Waals surface area contributed by atoms with Crippen molar-refractivity contribution in [2.75, 3.05) is 0 Å². The summed E-state index contributed by atoms with van der Waals surface area (Å²) in [7, 11) is 0. The Bertz CT molecular complexity index is 461. The van der Waals surface area contributed by atoms with Crippen LogP contribution in [0.15, 0.2) is 0 Å². The van der Waals surface area contributed by atoms with E-state index in [4.69, 9.17) is 0 Å². The van der Waals surface area contributed by atoms with Crippen LogP contribution in [0.4, 0.5) is 17.6 Å². The maximum atomic E-state index is 14.3. The van der Waals surface area contributed by atoms with Crippen LogP contribution in [0.2, 0.25) is 0 Å². The maximum Gasteiger partial charge on any atom is 0.166 e. The van der Waals surface area contributed by atoms with E-state index >= 15 is 0 Å². The standard InChI is InChI=1S/C16H22F4/c1-6-9(4)10-12(17)14(19)11(15(20)13(10)18)16(5,7-2)8-3/h9H,6-8H2,1-5H3. The summed E-state index contributed by atoms with van der Waals surface area (Å²) in [5.41, 5.74) is -1.87. The molecule has 1 aromatic carbocycles. The van der Waals surface area contributed by atoms with Gasteiger partial charge in [0.1, 0.15) is 0 Å². The molecule has 20 heavy (non-hydrogen) atoms. The molecular formula is C16H22F4. The highest BCUT2D eigenvalue weighted by Crippen LogP contribution is 2.39. The normalized spacial score (nSPS) is 13.7. The minimum Gasteiger partial charge on any atom is -0.203 e. The van der Waals surface area contributed by atoms with Gasteiger partial charge in [-0.25, -0.2) is 17.6 Å². The third-order valence-electron chi connectivity index (χ3n) is 4.57. The minimum absolute atomic E-state index is 0.402. The number of hydrogen-bond donors (Lipinski definition) is 0. The molecule has 114 valence electrons. The van der Waals surface area contributed by atoms with Crippen molar-refractivity contribution in [2.45, 2.75) is 65.2 Å². The Morgan fingerprint density at radius 2 is 1.25 bits per heavy atom. The van der Waals surface area contributed by atoms with Gasteiger partial charge in [-0.05, 0) is 30.6 Å². The molecule has 1 aromatic rings. The van der Waals surface area contributed by atoms with Gasteiger partial charge >= 0.3 is 0 Å². The fraction of sp³-hybridized carbons (Fsp3) is 0.625. The SMILES string of the molecule is CCC(C)c1c(F)c(F)c(C(C)(CC)CC)c(F)c1F. The van der Waals surface area contributed by atoms with Crippen LogP contribution < -0.4 is 0 Å². The summed E-state index contributed by atoms with van der Waals surface area (Å²) >= 11 is 0. The van der Waals surface area contributed by atoms with Crippen LogP contribution in [0.1, 0.15) is 70.9 Å². The summed E-state index contributed by atoms with van der Waals surface area (Å²) in [4.78, 5) is 0. The Morgan fingerprint density at radius 3 is 1.55 bits per heavy atom. The molecule has 0 heterocycles. The van der Waals surface area contributed by atoms with Gasteiger partial charge in [-0.3, -0.25) is 0 Å². The van der Waals surface area contributed by atoms with Crippen molar-refractivity contribution >= 4 is 0 Å². The Balaban J connectivity index is 3.68. The highest BCUT2D eigenvalue weighted by Gasteiger charge is 2.36. The maximum absolute atomic E-state index is 14.3. The third-order valence-corrected chi connectivity index (χ3v) is 4.57. The fourth-order valence-electron chi connectivity index (χ4n) is 2.42. The Hall–Kier alpha value is -1.06. The summed E-state index contributed by atoms with van der Waals surface area (Å²) < 4.78 is 56.9. The first-order chi connectivity index (χ1) is 9.25. The van der Waals surface area contributed by atoms with Crippen molar-refractivity contribution < 1.29 is 17.6 Å². The minimum atomic E-state index is -1.25. The molecule has 0 aliphatic heterocycles. The first-order valence-electron chi connectivity index (χ1n) is 7.11. The average Bonchev–Trinajstić information content (AvgIpc) is 2.44. The van der Waals surface area contributed by atoms with Crippen LogP contribution in [-0.4, -0.2) is 0 Å². The lowest BCUT2D eigenvalue weighted by atomic mass is 9.76. The van der Waals surface area contributed by atoms with Crippen molar-refractivity contribution in [1.29, 1.82) is 0 Å². The predicted octanol–water partition coefficient (Wildman–Crippen LogP) is 5.83. The zero-order valence-electron chi connectivity index (χ0n) is 12.7. The van der Waals surface area contributed by atoms with Gasteiger partial charge < -0.3 is 0 Å². The zero-order valence-corrected chi connectivity index (χ0v) is 12.7. The first-order valence-corrected chi connectivity index (χ1v) is 7.11. The quantitative estimate of drug-likeness (QED) is 0.472. The van der Waals surface area contributed by atoms with Crippen LogP contribution in [0.3, 0.4) is 0 Å². The molecule has 4 heteroatoms. The van der Waals surface area contributed by atoms with E-state index in [2.05, 4.69) is 0 Å². The van der Waals surface area contributed by atoms with Crippen LogP contribution in [0.5, 0.6) is 0 Å². The highest BCUT2D eigenvalue weighted by atomic mass is 19.2. The molecule has 0 aliphatic carbocycles. The third kappa shape index (κ3) is 2.57. The molecule has 0 nitrogen and oxygen atoms in total. The van der Waals surface area contributed by atoms with Crippen molar-refractivity contribution in [3.8, 4) is 0 Å². The lowest BCUT2D eigenvalue weighted by Crippen LogP contribution is -2.26. The van der Waals surface area contributed by atoms with E-state index in [1.807, 2.05) is 0 Å². The molecule has 0 aromatic heterocycles. The smallest absolute Gasteiger partial charge is 0.166 e. The van der Waals surface area contributed by atoms with E-state index in [-0.39, 0.29) is 0 Å². The summed E-state index contributed by atoms with van der Waals surface area (Å²) in [6.07, 6.45) is 1.21. The molecule has 0 spiro atoms. The molecule has 1 atom stereocenters. The van der Waals surface area contributed by atoms with Crippen molar-refractivity contribution in [3.63, 3.8) is 0 Å². The number of halogens is 4. The molecule has 0 aliphatic rings. The second-order valence-corrected chi connectivity index (χ2v) is 5.62. The van der Waals surface area contributed by atoms with Gasteiger partial charge in [0.15, 0.2) is 23.3 Å². The van der Waals surface area contributed by atoms with Crippen LogP contribution in [-0.2, 0) is 5.41 Å². The average molecular weight is 290 g/mol. The van der Waals surface area contributed by atoms with Crippen LogP contribution in [0, 0.1) is 23.3 Å². The second kappa shape index (κ2) is 6.15. The lowest BCUT2D eigenvalue weighted by molar-refractivity contribution is 0.350. The molecule has 1 rings (SSSR count). The van der Waals surface area contributed by atoms with Crippen LogP contribution >= 0.6 is 0 Å². The molecule has 1 unspecified atom stereocenters.